The Morgan fingerprint density at radius 3 is 2.74 bits per heavy atom. The molecule has 0 spiro atoms. The molecule has 0 atom stereocenters. The number of aromatic nitrogens is 1. The zero-order valence-electron chi connectivity index (χ0n) is 12.7. The first-order chi connectivity index (χ1) is 11.2. The Balaban J connectivity index is 1.60. The number of carbonyl (C=O) groups is 1. The van der Waals surface area contributed by atoms with Crippen molar-refractivity contribution in [1.82, 2.24) is 10.3 Å². The van der Waals surface area contributed by atoms with Gasteiger partial charge >= 0.3 is 0 Å². The van der Waals surface area contributed by atoms with Crippen LogP contribution in [-0.4, -0.2) is 24.5 Å². The molecule has 0 bridgehead atoms. The third-order valence-electron chi connectivity index (χ3n) is 3.76. The van der Waals surface area contributed by atoms with Gasteiger partial charge in [0, 0.05) is 29.2 Å². The molecule has 1 aromatic heterocycles. The summed E-state index contributed by atoms with van der Waals surface area (Å²) in [6.45, 7) is 0.509. The minimum atomic E-state index is -0.265. The molecule has 4 nitrogen and oxygen atoms in total. The number of hydrogen-bond donors (Lipinski definition) is 2. The van der Waals surface area contributed by atoms with E-state index in [1.807, 2.05) is 6.20 Å². The Kier molecular flexibility index (Phi) is 4.28. The molecule has 23 heavy (non-hydrogen) atoms. The van der Waals surface area contributed by atoms with Crippen LogP contribution >= 0.6 is 0 Å². The van der Waals surface area contributed by atoms with Crippen molar-refractivity contribution in [2.75, 3.05) is 13.7 Å². The molecule has 3 rings (SSSR count). The molecule has 0 aliphatic heterocycles. The number of amides is 1. The van der Waals surface area contributed by atoms with Crippen molar-refractivity contribution < 1.29 is 13.9 Å². The van der Waals surface area contributed by atoms with E-state index in [0.717, 1.165) is 16.5 Å². The number of fused-ring (bicyclic) bond motifs is 1. The van der Waals surface area contributed by atoms with E-state index in [0.29, 0.717) is 24.3 Å². The van der Waals surface area contributed by atoms with Gasteiger partial charge in [-0.05, 0) is 54.4 Å². The average Bonchev–Trinajstić information content (AvgIpc) is 2.97. The van der Waals surface area contributed by atoms with Crippen LogP contribution in [0.3, 0.4) is 0 Å². The second-order valence-electron chi connectivity index (χ2n) is 5.24. The van der Waals surface area contributed by atoms with Gasteiger partial charge in [0.2, 0.25) is 0 Å². The molecule has 0 aliphatic rings. The van der Waals surface area contributed by atoms with Gasteiger partial charge in [-0.15, -0.1) is 0 Å². The van der Waals surface area contributed by atoms with Crippen LogP contribution in [0.15, 0.2) is 48.7 Å². The highest BCUT2D eigenvalue weighted by molar-refractivity contribution is 5.94. The van der Waals surface area contributed by atoms with Crippen LogP contribution in [0, 0.1) is 5.82 Å². The van der Waals surface area contributed by atoms with Gasteiger partial charge in [-0.3, -0.25) is 4.79 Å². The van der Waals surface area contributed by atoms with Crippen LogP contribution in [0.5, 0.6) is 5.75 Å². The smallest absolute Gasteiger partial charge is 0.251 e. The SMILES string of the molecule is COc1ccc(C(=O)NCCc2c[nH]c3cc(F)ccc23)cc1. The summed E-state index contributed by atoms with van der Waals surface area (Å²) in [6, 6.07) is 11.6. The van der Waals surface area contributed by atoms with Gasteiger partial charge < -0.3 is 15.0 Å². The molecule has 0 aliphatic carbocycles. The van der Waals surface area contributed by atoms with Crippen molar-refractivity contribution >= 4 is 16.8 Å². The van der Waals surface area contributed by atoms with Crippen LogP contribution in [-0.2, 0) is 6.42 Å². The summed E-state index contributed by atoms with van der Waals surface area (Å²) in [6.07, 6.45) is 2.52. The third-order valence-corrected chi connectivity index (χ3v) is 3.76. The highest BCUT2D eigenvalue weighted by atomic mass is 19.1. The van der Waals surface area contributed by atoms with Crippen molar-refractivity contribution in [2.45, 2.75) is 6.42 Å². The minimum Gasteiger partial charge on any atom is -0.497 e. The monoisotopic (exact) mass is 312 g/mol. The van der Waals surface area contributed by atoms with Crippen LogP contribution < -0.4 is 10.1 Å². The molecule has 1 amide bonds. The van der Waals surface area contributed by atoms with E-state index in [9.17, 15) is 9.18 Å². The summed E-state index contributed by atoms with van der Waals surface area (Å²) in [5.41, 5.74) is 2.41. The van der Waals surface area contributed by atoms with Gasteiger partial charge in [0.1, 0.15) is 11.6 Å². The largest absolute Gasteiger partial charge is 0.497 e. The molecule has 5 heteroatoms. The summed E-state index contributed by atoms with van der Waals surface area (Å²) in [5, 5.41) is 3.86. The number of benzene rings is 2. The quantitative estimate of drug-likeness (QED) is 0.759. The highest BCUT2D eigenvalue weighted by Gasteiger charge is 2.07. The predicted molar refractivity (Wildman–Crippen MR) is 87.3 cm³/mol. The highest BCUT2D eigenvalue weighted by Crippen LogP contribution is 2.19. The van der Waals surface area contributed by atoms with Crippen LogP contribution in [0.2, 0.25) is 0 Å². The maximum absolute atomic E-state index is 13.2. The molecule has 0 unspecified atom stereocenters. The fourth-order valence-corrected chi connectivity index (χ4v) is 2.52. The van der Waals surface area contributed by atoms with E-state index in [2.05, 4.69) is 10.3 Å². The van der Waals surface area contributed by atoms with Crippen molar-refractivity contribution in [2.24, 2.45) is 0 Å². The number of hydrogen-bond acceptors (Lipinski definition) is 2. The van der Waals surface area contributed by atoms with Crippen LogP contribution in [0.4, 0.5) is 4.39 Å². The maximum Gasteiger partial charge on any atom is 0.251 e. The lowest BCUT2D eigenvalue weighted by molar-refractivity contribution is 0.0954. The van der Waals surface area contributed by atoms with Gasteiger partial charge in [0.25, 0.3) is 5.91 Å². The molecular weight excluding hydrogens is 295 g/mol. The summed E-state index contributed by atoms with van der Waals surface area (Å²) in [4.78, 5) is 15.1. The number of carbonyl (C=O) groups excluding carboxylic acids is 1. The zero-order chi connectivity index (χ0) is 16.2. The Labute approximate surface area is 133 Å². The van der Waals surface area contributed by atoms with Gasteiger partial charge in [0.05, 0.1) is 7.11 Å². The normalized spacial score (nSPS) is 10.7. The standard InChI is InChI=1S/C18H17FN2O2/c1-23-15-5-2-12(3-6-15)18(22)20-9-8-13-11-21-17-10-14(19)4-7-16(13)17/h2-7,10-11,21H,8-9H2,1H3,(H,20,22). The Morgan fingerprint density at radius 2 is 2.00 bits per heavy atom. The summed E-state index contributed by atoms with van der Waals surface area (Å²) in [7, 11) is 1.59. The molecule has 118 valence electrons. The molecule has 0 saturated heterocycles. The fraction of sp³-hybridized carbons (Fsp3) is 0.167. The number of nitrogens with one attached hydrogen (secondary N) is 2. The lowest BCUT2D eigenvalue weighted by atomic mass is 10.1. The number of halogens is 1. The first-order valence-corrected chi connectivity index (χ1v) is 7.35. The molecule has 0 saturated carbocycles. The molecule has 0 radical (unpaired) electrons. The van der Waals surface area contributed by atoms with Gasteiger partial charge in [-0.25, -0.2) is 4.39 Å². The molecule has 2 N–H and O–H groups in total. The fourth-order valence-electron chi connectivity index (χ4n) is 2.52. The molecular formula is C18H17FN2O2. The van der Waals surface area contributed by atoms with E-state index in [1.54, 1.807) is 37.4 Å². The Bertz CT molecular complexity index is 825. The van der Waals surface area contributed by atoms with Crippen LogP contribution in [0.25, 0.3) is 10.9 Å². The molecule has 2 aromatic carbocycles. The van der Waals surface area contributed by atoms with E-state index in [-0.39, 0.29) is 11.7 Å². The number of methoxy groups -OCH3 is 1. The van der Waals surface area contributed by atoms with Gasteiger partial charge in [-0.2, -0.15) is 0 Å². The number of ether oxygens (including phenoxy) is 1. The van der Waals surface area contributed by atoms with Crippen molar-refractivity contribution in [3.05, 3.63) is 65.6 Å². The topological polar surface area (TPSA) is 54.1 Å². The lowest BCUT2D eigenvalue weighted by Crippen LogP contribution is -2.25. The second kappa shape index (κ2) is 6.52. The summed E-state index contributed by atoms with van der Waals surface area (Å²) >= 11 is 0. The van der Waals surface area contributed by atoms with Crippen LogP contribution in [0.1, 0.15) is 15.9 Å². The minimum absolute atomic E-state index is 0.126. The van der Waals surface area contributed by atoms with Gasteiger partial charge in [-0.1, -0.05) is 0 Å². The molecule has 0 fully saturated rings. The molecule has 3 aromatic rings. The lowest BCUT2D eigenvalue weighted by Gasteiger charge is -2.06. The average molecular weight is 312 g/mol. The second-order valence-corrected chi connectivity index (χ2v) is 5.24. The summed E-state index contributed by atoms with van der Waals surface area (Å²) < 4.78 is 18.2. The number of rotatable bonds is 5. The van der Waals surface area contributed by atoms with Crippen molar-refractivity contribution in [1.29, 1.82) is 0 Å². The summed E-state index contributed by atoms with van der Waals surface area (Å²) in [5.74, 6) is 0.324. The van der Waals surface area contributed by atoms with E-state index in [1.165, 1.54) is 12.1 Å². The Morgan fingerprint density at radius 1 is 1.22 bits per heavy atom. The number of H-pyrrole nitrogens is 1. The third kappa shape index (κ3) is 3.34. The van der Waals surface area contributed by atoms with Gasteiger partial charge in [0.15, 0.2) is 0 Å². The van der Waals surface area contributed by atoms with Crippen molar-refractivity contribution in [3.63, 3.8) is 0 Å². The number of aromatic amines is 1. The molecule has 1 heterocycles. The van der Waals surface area contributed by atoms with E-state index in [4.69, 9.17) is 4.74 Å². The first-order valence-electron chi connectivity index (χ1n) is 7.35. The Hall–Kier alpha value is -2.82. The van der Waals surface area contributed by atoms with E-state index < -0.39 is 0 Å². The zero-order valence-corrected chi connectivity index (χ0v) is 12.7. The van der Waals surface area contributed by atoms with Crippen molar-refractivity contribution in [3.8, 4) is 5.75 Å². The first kappa shape index (κ1) is 15.1. The van der Waals surface area contributed by atoms with E-state index >= 15 is 0 Å². The predicted octanol–water partition coefficient (Wildman–Crippen LogP) is 3.29. The maximum atomic E-state index is 13.2.